The van der Waals surface area contributed by atoms with E-state index in [4.69, 9.17) is 4.52 Å². The molecule has 1 unspecified atom stereocenters. The summed E-state index contributed by atoms with van der Waals surface area (Å²) in [6.07, 6.45) is 0. The van der Waals surface area contributed by atoms with Gasteiger partial charge in [0.1, 0.15) is 0 Å². The van der Waals surface area contributed by atoms with E-state index in [2.05, 4.69) is 29.3 Å². The maximum atomic E-state index is 5.28. The topological polar surface area (TPSA) is 51.0 Å². The zero-order chi connectivity index (χ0) is 10.7. The van der Waals surface area contributed by atoms with Crippen molar-refractivity contribution in [3.05, 3.63) is 11.7 Å². The van der Waals surface area contributed by atoms with Crippen LogP contribution in [-0.2, 0) is 5.75 Å². The molecule has 0 saturated carbocycles. The Morgan fingerprint density at radius 3 is 3.00 bits per heavy atom. The van der Waals surface area contributed by atoms with Gasteiger partial charge in [0.15, 0.2) is 5.82 Å². The molecule has 15 heavy (non-hydrogen) atoms. The molecule has 4 nitrogen and oxygen atoms in total. The maximum absolute atomic E-state index is 5.28. The molecule has 0 amide bonds. The third-order valence-corrected chi connectivity index (χ3v) is 3.70. The summed E-state index contributed by atoms with van der Waals surface area (Å²) in [5.74, 6) is 4.63. The summed E-state index contributed by atoms with van der Waals surface area (Å²) in [6.45, 7) is 6.44. The minimum absolute atomic E-state index is 0.388. The van der Waals surface area contributed by atoms with Crippen molar-refractivity contribution in [3.8, 4) is 0 Å². The second-order valence-electron chi connectivity index (χ2n) is 3.89. The number of nitrogens with zero attached hydrogens (tertiary/aromatic N) is 2. The Morgan fingerprint density at radius 1 is 1.60 bits per heavy atom. The van der Waals surface area contributed by atoms with Gasteiger partial charge in [0.2, 0.25) is 5.89 Å². The largest absolute Gasteiger partial charge is 0.339 e. The molecule has 1 N–H and O–H groups in total. The van der Waals surface area contributed by atoms with Crippen LogP contribution in [-0.4, -0.2) is 29.0 Å². The normalized spacial score (nSPS) is 18.8. The van der Waals surface area contributed by atoms with Gasteiger partial charge in [0.25, 0.3) is 0 Å². The van der Waals surface area contributed by atoms with Gasteiger partial charge in [-0.1, -0.05) is 19.0 Å². The van der Waals surface area contributed by atoms with Gasteiger partial charge < -0.3 is 9.84 Å². The molecule has 1 aliphatic heterocycles. The smallest absolute Gasteiger partial charge is 0.229 e. The molecule has 1 aliphatic rings. The minimum atomic E-state index is 0.388. The van der Waals surface area contributed by atoms with Gasteiger partial charge in [-0.15, -0.1) is 0 Å². The molecule has 1 aromatic rings. The summed E-state index contributed by atoms with van der Waals surface area (Å²) in [6, 6.07) is 0. The number of hydrogen-bond donors (Lipinski definition) is 1. The first-order valence-electron chi connectivity index (χ1n) is 5.42. The van der Waals surface area contributed by atoms with E-state index < -0.39 is 0 Å². The molecule has 1 fully saturated rings. The van der Waals surface area contributed by atoms with Gasteiger partial charge in [-0.25, -0.2) is 0 Å². The Hall–Kier alpha value is -0.550. The van der Waals surface area contributed by atoms with Crippen LogP contribution in [0.1, 0.15) is 31.5 Å². The van der Waals surface area contributed by atoms with Gasteiger partial charge in [-0.3, -0.25) is 0 Å². The van der Waals surface area contributed by atoms with Crippen LogP contribution in [0, 0.1) is 5.92 Å². The fourth-order valence-electron chi connectivity index (χ4n) is 1.57. The lowest BCUT2D eigenvalue weighted by Crippen LogP contribution is -2.44. The van der Waals surface area contributed by atoms with Crippen molar-refractivity contribution in [2.75, 3.05) is 18.8 Å². The van der Waals surface area contributed by atoms with Crippen LogP contribution in [0.2, 0.25) is 0 Å². The zero-order valence-corrected chi connectivity index (χ0v) is 10.0. The molecule has 1 aromatic heterocycles. The van der Waals surface area contributed by atoms with Gasteiger partial charge in [-0.05, 0) is 24.8 Å². The number of nitrogens with one attached hydrogen (secondary N) is 1. The average molecular weight is 227 g/mol. The molecule has 1 saturated heterocycles. The highest BCUT2D eigenvalue weighted by molar-refractivity contribution is 7.98. The van der Waals surface area contributed by atoms with Crippen LogP contribution in [0.4, 0.5) is 0 Å². The Balaban J connectivity index is 1.93. The second-order valence-corrected chi connectivity index (χ2v) is 5.17. The summed E-state index contributed by atoms with van der Waals surface area (Å²) in [5.41, 5.74) is 0. The average Bonchev–Trinajstić information content (AvgIpc) is 2.60. The number of aromatic nitrogens is 2. The van der Waals surface area contributed by atoms with Gasteiger partial charge in [0.05, 0.1) is 5.75 Å². The summed E-state index contributed by atoms with van der Waals surface area (Å²) < 4.78 is 5.28. The third-order valence-electron chi connectivity index (χ3n) is 2.83. The molecule has 0 spiro atoms. The van der Waals surface area contributed by atoms with Crippen LogP contribution in [0.25, 0.3) is 0 Å². The first-order valence-corrected chi connectivity index (χ1v) is 6.57. The van der Waals surface area contributed by atoms with Gasteiger partial charge in [0, 0.05) is 5.92 Å². The summed E-state index contributed by atoms with van der Waals surface area (Å²) in [5, 5.41) is 7.25. The Morgan fingerprint density at radius 2 is 2.40 bits per heavy atom. The SMILES string of the molecule is CCSCc1noc(C(C)C2CNC2)n1. The van der Waals surface area contributed by atoms with E-state index in [0.29, 0.717) is 11.8 Å². The summed E-state index contributed by atoms with van der Waals surface area (Å²) in [4.78, 5) is 4.42. The molecular formula is C10H17N3OS. The highest BCUT2D eigenvalue weighted by Gasteiger charge is 2.28. The van der Waals surface area contributed by atoms with Crippen molar-refractivity contribution in [2.45, 2.75) is 25.5 Å². The first kappa shape index (κ1) is 11.0. The van der Waals surface area contributed by atoms with Crippen LogP contribution in [0.3, 0.4) is 0 Å². The molecule has 5 heteroatoms. The maximum Gasteiger partial charge on any atom is 0.229 e. The Labute approximate surface area is 94.2 Å². The molecule has 2 rings (SSSR count). The fourth-order valence-corrected chi connectivity index (χ4v) is 2.07. The van der Waals surface area contributed by atoms with Crippen molar-refractivity contribution in [1.82, 2.24) is 15.5 Å². The molecule has 1 atom stereocenters. The Kier molecular flexibility index (Phi) is 3.64. The summed E-state index contributed by atoms with van der Waals surface area (Å²) >= 11 is 1.82. The van der Waals surface area contributed by atoms with E-state index in [-0.39, 0.29) is 0 Å². The van der Waals surface area contributed by atoms with Crippen molar-refractivity contribution < 1.29 is 4.52 Å². The molecule has 84 valence electrons. The fraction of sp³-hybridized carbons (Fsp3) is 0.800. The van der Waals surface area contributed by atoms with Gasteiger partial charge >= 0.3 is 0 Å². The predicted molar refractivity (Wildman–Crippen MR) is 60.9 cm³/mol. The molecule has 2 heterocycles. The predicted octanol–water partition coefficient (Wildman–Crippen LogP) is 1.65. The lowest BCUT2D eigenvalue weighted by molar-refractivity contribution is 0.252. The number of rotatable bonds is 5. The van der Waals surface area contributed by atoms with Crippen molar-refractivity contribution in [1.29, 1.82) is 0 Å². The van der Waals surface area contributed by atoms with E-state index in [1.54, 1.807) is 0 Å². The number of hydrogen-bond acceptors (Lipinski definition) is 5. The molecule has 0 bridgehead atoms. The van der Waals surface area contributed by atoms with Crippen molar-refractivity contribution in [2.24, 2.45) is 5.92 Å². The second kappa shape index (κ2) is 4.99. The summed E-state index contributed by atoms with van der Waals surface area (Å²) in [7, 11) is 0. The highest BCUT2D eigenvalue weighted by Crippen LogP contribution is 2.25. The molecule has 0 aliphatic carbocycles. The zero-order valence-electron chi connectivity index (χ0n) is 9.19. The van der Waals surface area contributed by atoms with Crippen molar-refractivity contribution >= 4 is 11.8 Å². The quantitative estimate of drug-likeness (QED) is 0.829. The number of thioether (sulfide) groups is 1. The standard InChI is InChI=1S/C10H17N3OS/c1-3-15-6-9-12-10(14-13-9)7(2)8-4-11-5-8/h7-8,11H,3-6H2,1-2H3. The van der Waals surface area contributed by atoms with Crippen LogP contribution in [0.5, 0.6) is 0 Å². The van der Waals surface area contributed by atoms with Gasteiger partial charge in [-0.2, -0.15) is 16.7 Å². The van der Waals surface area contributed by atoms with E-state index in [1.807, 2.05) is 11.8 Å². The van der Waals surface area contributed by atoms with E-state index in [9.17, 15) is 0 Å². The minimum Gasteiger partial charge on any atom is -0.339 e. The first-order chi connectivity index (χ1) is 7.31. The third kappa shape index (κ3) is 2.52. The van der Waals surface area contributed by atoms with Crippen molar-refractivity contribution in [3.63, 3.8) is 0 Å². The lowest BCUT2D eigenvalue weighted by atomic mass is 9.89. The lowest BCUT2D eigenvalue weighted by Gasteiger charge is -2.30. The Bertz CT molecular complexity index is 311. The van der Waals surface area contributed by atoms with E-state index in [1.165, 1.54) is 0 Å². The van der Waals surface area contributed by atoms with Crippen LogP contribution in [0.15, 0.2) is 4.52 Å². The molecular weight excluding hydrogens is 210 g/mol. The van der Waals surface area contributed by atoms with E-state index in [0.717, 1.165) is 36.3 Å². The molecule has 0 radical (unpaired) electrons. The monoisotopic (exact) mass is 227 g/mol. The molecule has 0 aromatic carbocycles. The highest BCUT2D eigenvalue weighted by atomic mass is 32.2. The van der Waals surface area contributed by atoms with Crippen LogP contribution < -0.4 is 5.32 Å². The van der Waals surface area contributed by atoms with Crippen LogP contribution >= 0.6 is 11.8 Å². The van der Waals surface area contributed by atoms with E-state index >= 15 is 0 Å².